The van der Waals surface area contributed by atoms with Gasteiger partial charge in [0.2, 0.25) is 5.91 Å². The molecule has 3 heteroatoms. The first-order chi connectivity index (χ1) is 10.2. The molecule has 1 heterocycles. The molecule has 0 spiro atoms. The maximum absolute atomic E-state index is 12.4. The number of hydrogen-bond donors (Lipinski definition) is 2. The third kappa shape index (κ3) is 4.76. The zero-order valence-electron chi connectivity index (χ0n) is 13.3. The van der Waals surface area contributed by atoms with Gasteiger partial charge in [0.15, 0.2) is 0 Å². The summed E-state index contributed by atoms with van der Waals surface area (Å²) >= 11 is 0. The molecule has 116 valence electrons. The number of unbranched alkanes of at least 4 members (excludes halogenated alkanes) is 3. The van der Waals surface area contributed by atoms with E-state index in [0.717, 1.165) is 19.4 Å². The van der Waals surface area contributed by atoms with E-state index in [1.165, 1.54) is 36.9 Å². The molecular formula is C18H28N2O. The first kappa shape index (κ1) is 15.9. The van der Waals surface area contributed by atoms with Gasteiger partial charge >= 0.3 is 0 Å². The fraction of sp³-hybridized carbons (Fsp3) is 0.611. The highest BCUT2D eigenvalue weighted by Gasteiger charge is 2.24. The molecule has 1 aromatic rings. The minimum atomic E-state index is 0.0537. The lowest BCUT2D eigenvalue weighted by Crippen LogP contribution is -2.42. The smallest absolute Gasteiger partial charge is 0.225 e. The third-order valence-corrected chi connectivity index (χ3v) is 4.27. The summed E-state index contributed by atoms with van der Waals surface area (Å²) in [7, 11) is 0. The van der Waals surface area contributed by atoms with E-state index in [1.54, 1.807) is 0 Å². The van der Waals surface area contributed by atoms with Crippen LogP contribution in [0.4, 0.5) is 5.69 Å². The summed E-state index contributed by atoms with van der Waals surface area (Å²) in [4.78, 5) is 12.4. The number of benzene rings is 1. The highest BCUT2D eigenvalue weighted by molar-refractivity contribution is 5.81. The van der Waals surface area contributed by atoms with Crippen molar-refractivity contribution in [2.75, 3.05) is 11.9 Å². The summed E-state index contributed by atoms with van der Waals surface area (Å²) in [6.07, 6.45) is 6.97. The molecule has 0 saturated carbocycles. The van der Waals surface area contributed by atoms with Crippen molar-refractivity contribution in [2.45, 2.75) is 58.4 Å². The average Bonchev–Trinajstić information content (AvgIpc) is 2.51. The second-order valence-corrected chi connectivity index (χ2v) is 6.20. The van der Waals surface area contributed by atoms with E-state index in [-0.39, 0.29) is 17.9 Å². The second kappa shape index (κ2) is 8.06. The average molecular weight is 288 g/mol. The lowest BCUT2D eigenvalue weighted by Gasteiger charge is -2.26. The van der Waals surface area contributed by atoms with Crippen LogP contribution in [0.2, 0.25) is 0 Å². The van der Waals surface area contributed by atoms with Gasteiger partial charge in [-0.2, -0.15) is 0 Å². The van der Waals surface area contributed by atoms with Crippen molar-refractivity contribution in [3.63, 3.8) is 0 Å². The van der Waals surface area contributed by atoms with Gasteiger partial charge in [0.25, 0.3) is 0 Å². The lowest BCUT2D eigenvalue weighted by atomic mass is 9.93. The molecule has 0 fully saturated rings. The molecule has 1 amide bonds. The van der Waals surface area contributed by atoms with Crippen molar-refractivity contribution in [3.05, 3.63) is 29.8 Å². The normalized spacial score (nSPS) is 18.5. The molecule has 0 aromatic heterocycles. The molecule has 2 atom stereocenters. The summed E-state index contributed by atoms with van der Waals surface area (Å²) < 4.78 is 0. The van der Waals surface area contributed by atoms with Crippen LogP contribution in [0.25, 0.3) is 0 Å². The standard InChI is InChI=1S/C18H28N2O/c1-3-4-5-6-9-14(2)20-18(21)16-12-15-10-7-8-11-17(15)19-13-16/h7-8,10-11,14,16,19H,3-6,9,12-13H2,1-2H3,(H,20,21). The number of carbonyl (C=O) groups excluding carboxylic acids is 1. The van der Waals surface area contributed by atoms with Crippen LogP contribution in [0, 0.1) is 5.92 Å². The number of hydrogen-bond acceptors (Lipinski definition) is 2. The first-order valence-corrected chi connectivity index (χ1v) is 8.33. The quantitative estimate of drug-likeness (QED) is 0.750. The van der Waals surface area contributed by atoms with Gasteiger partial charge in [-0.05, 0) is 31.4 Å². The van der Waals surface area contributed by atoms with Crippen LogP contribution in [-0.4, -0.2) is 18.5 Å². The minimum Gasteiger partial charge on any atom is -0.384 e. The highest BCUT2D eigenvalue weighted by Crippen LogP contribution is 2.24. The Morgan fingerprint density at radius 3 is 2.95 bits per heavy atom. The third-order valence-electron chi connectivity index (χ3n) is 4.27. The fourth-order valence-electron chi connectivity index (χ4n) is 2.94. The van der Waals surface area contributed by atoms with Crippen LogP contribution in [0.3, 0.4) is 0 Å². The SMILES string of the molecule is CCCCCCC(C)NC(=O)C1CNc2ccccc2C1. The Balaban J connectivity index is 1.76. The number of nitrogens with one attached hydrogen (secondary N) is 2. The Morgan fingerprint density at radius 2 is 2.14 bits per heavy atom. The van der Waals surface area contributed by atoms with E-state index < -0.39 is 0 Å². The lowest BCUT2D eigenvalue weighted by molar-refractivity contribution is -0.125. The van der Waals surface area contributed by atoms with E-state index in [2.05, 4.69) is 36.6 Å². The van der Waals surface area contributed by atoms with Crippen molar-refractivity contribution in [2.24, 2.45) is 5.92 Å². The molecule has 1 aromatic carbocycles. The van der Waals surface area contributed by atoms with Gasteiger partial charge in [-0.25, -0.2) is 0 Å². The molecule has 1 aliphatic rings. The predicted molar refractivity (Wildman–Crippen MR) is 88.5 cm³/mol. The summed E-state index contributed by atoms with van der Waals surface area (Å²) in [5, 5.41) is 6.54. The van der Waals surface area contributed by atoms with Crippen molar-refractivity contribution in [3.8, 4) is 0 Å². The van der Waals surface area contributed by atoms with Gasteiger partial charge in [0.1, 0.15) is 0 Å². The summed E-state index contributed by atoms with van der Waals surface area (Å²) in [6, 6.07) is 8.55. The Morgan fingerprint density at radius 1 is 1.33 bits per heavy atom. The monoisotopic (exact) mass is 288 g/mol. The fourth-order valence-corrected chi connectivity index (χ4v) is 2.94. The Labute approximate surface area is 128 Å². The number of anilines is 1. The maximum Gasteiger partial charge on any atom is 0.225 e. The molecule has 0 saturated heterocycles. The Bertz CT molecular complexity index is 458. The van der Waals surface area contributed by atoms with Crippen LogP contribution in [0.1, 0.15) is 51.5 Å². The number of rotatable bonds is 7. The van der Waals surface area contributed by atoms with Gasteiger partial charge in [-0.1, -0.05) is 50.8 Å². The number of para-hydroxylation sites is 1. The number of carbonyl (C=O) groups is 1. The van der Waals surface area contributed by atoms with Crippen molar-refractivity contribution < 1.29 is 4.79 Å². The zero-order chi connectivity index (χ0) is 15.1. The molecule has 2 N–H and O–H groups in total. The van der Waals surface area contributed by atoms with E-state index in [9.17, 15) is 4.79 Å². The molecular weight excluding hydrogens is 260 g/mol. The topological polar surface area (TPSA) is 41.1 Å². The molecule has 1 aliphatic heterocycles. The van der Waals surface area contributed by atoms with Crippen LogP contribution in [-0.2, 0) is 11.2 Å². The largest absolute Gasteiger partial charge is 0.384 e. The molecule has 0 bridgehead atoms. The van der Waals surface area contributed by atoms with Crippen molar-refractivity contribution in [1.29, 1.82) is 0 Å². The van der Waals surface area contributed by atoms with E-state index in [1.807, 2.05) is 12.1 Å². The van der Waals surface area contributed by atoms with Crippen LogP contribution >= 0.6 is 0 Å². The predicted octanol–water partition coefficient (Wildman–Crippen LogP) is 3.75. The molecule has 2 rings (SSSR count). The maximum atomic E-state index is 12.4. The van der Waals surface area contributed by atoms with Gasteiger partial charge < -0.3 is 10.6 Å². The van der Waals surface area contributed by atoms with Gasteiger partial charge in [0.05, 0.1) is 5.92 Å². The zero-order valence-corrected chi connectivity index (χ0v) is 13.3. The summed E-state index contributed by atoms with van der Waals surface area (Å²) in [6.45, 7) is 5.08. The van der Waals surface area contributed by atoms with Crippen LogP contribution in [0.5, 0.6) is 0 Å². The van der Waals surface area contributed by atoms with Crippen molar-refractivity contribution in [1.82, 2.24) is 5.32 Å². The molecule has 3 nitrogen and oxygen atoms in total. The molecule has 0 aliphatic carbocycles. The van der Waals surface area contributed by atoms with Gasteiger partial charge in [-0.15, -0.1) is 0 Å². The van der Waals surface area contributed by atoms with Crippen LogP contribution < -0.4 is 10.6 Å². The molecule has 2 unspecified atom stereocenters. The summed E-state index contributed by atoms with van der Waals surface area (Å²) in [5.74, 6) is 0.248. The molecule has 0 radical (unpaired) electrons. The summed E-state index contributed by atoms with van der Waals surface area (Å²) in [5.41, 5.74) is 2.42. The Kier molecular flexibility index (Phi) is 6.09. The molecule has 21 heavy (non-hydrogen) atoms. The number of amides is 1. The first-order valence-electron chi connectivity index (χ1n) is 8.33. The van der Waals surface area contributed by atoms with Gasteiger partial charge in [-0.3, -0.25) is 4.79 Å². The van der Waals surface area contributed by atoms with E-state index in [0.29, 0.717) is 0 Å². The number of fused-ring (bicyclic) bond motifs is 1. The Hall–Kier alpha value is -1.51. The van der Waals surface area contributed by atoms with Gasteiger partial charge in [0, 0.05) is 18.3 Å². The minimum absolute atomic E-state index is 0.0537. The highest BCUT2D eigenvalue weighted by atomic mass is 16.1. The van der Waals surface area contributed by atoms with E-state index >= 15 is 0 Å². The van der Waals surface area contributed by atoms with Crippen molar-refractivity contribution >= 4 is 11.6 Å². The van der Waals surface area contributed by atoms with Crippen LogP contribution in [0.15, 0.2) is 24.3 Å². The second-order valence-electron chi connectivity index (χ2n) is 6.20. The van der Waals surface area contributed by atoms with E-state index in [4.69, 9.17) is 0 Å².